The Morgan fingerprint density at radius 1 is 1.46 bits per heavy atom. The molecule has 4 rings (SSSR count). The molecule has 0 aliphatic carbocycles. The Morgan fingerprint density at radius 3 is 2.96 bits per heavy atom. The van der Waals surface area contributed by atoms with E-state index in [1.165, 1.54) is 34.1 Å². The summed E-state index contributed by atoms with van der Waals surface area (Å²) in [6.07, 6.45) is 6.20. The second-order valence-corrected chi connectivity index (χ2v) is 8.74. The molecule has 4 heterocycles. The van der Waals surface area contributed by atoms with Crippen molar-refractivity contribution >= 4 is 35.4 Å². The van der Waals surface area contributed by atoms with Crippen molar-refractivity contribution in [1.82, 2.24) is 9.80 Å². The third-order valence-corrected chi connectivity index (χ3v) is 7.56. The second kappa shape index (κ2) is 5.86. The van der Waals surface area contributed by atoms with Crippen molar-refractivity contribution in [2.45, 2.75) is 30.1 Å². The van der Waals surface area contributed by atoms with E-state index in [1.54, 1.807) is 6.92 Å². The number of rotatable bonds is 4. The van der Waals surface area contributed by atoms with Gasteiger partial charge in [0.1, 0.15) is 5.37 Å². The maximum Gasteiger partial charge on any atom is 0.354 e. The fraction of sp³-hybridized carbons (Fsp3) is 0.438. The van der Waals surface area contributed by atoms with Gasteiger partial charge in [-0.2, -0.15) is 0 Å². The van der Waals surface area contributed by atoms with Crippen LogP contribution in [0.25, 0.3) is 0 Å². The van der Waals surface area contributed by atoms with Crippen molar-refractivity contribution in [3.63, 3.8) is 0 Å². The van der Waals surface area contributed by atoms with Gasteiger partial charge < -0.3 is 15.1 Å². The van der Waals surface area contributed by atoms with Crippen molar-refractivity contribution < 1.29 is 19.8 Å². The van der Waals surface area contributed by atoms with Crippen LogP contribution in [-0.4, -0.2) is 55.2 Å². The minimum Gasteiger partial charge on any atom is -0.477 e. The van der Waals surface area contributed by atoms with Crippen LogP contribution in [0.2, 0.25) is 0 Å². The second-order valence-electron chi connectivity index (χ2n) is 6.14. The number of aliphatic hydroxyl groups excluding tert-OH is 1. The molecule has 0 aromatic rings. The van der Waals surface area contributed by atoms with Crippen LogP contribution in [0, 0.1) is 12.5 Å². The van der Waals surface area contributed by atoms with Gasteiger partial charge in [0.25, 0.3) is 0 Å². The fourth-order valence-corrected chi connectivity index (χ4v) is 6.77. The van der Waals surface area contributed by atoms with E-state index in [0.717, 1.165) is 13.0 Å². The van der Waals surface area contributed by atoms with Crippen LogP contribution in [0.5, 0.6) is 0 Å². The van der Waals surface area contributed by atoms with Crippen LogP contribution in [-0.2, 0) is 9.59 Å². The number of carboxylic acid groups (broad SMARTS) is 1. The number of carbonyl (C=O) groups excluding carboxylic acids is 1. The molecule has 0 bridgehead atoms. The summed E-state index contributed by atoms with van der Waals surface area (Å²) < 4.78 is 0.673. The Morgan fingerprint density at radius 2 is 2.25 bits per heavy atom. The first-order chi connectivity index (χ1) is 11.5. The predicted octanol–water partition coefficient (Wildman–Crippen LogP) is 1.58. The van der Waals surface area contributed by atoms with E-state index < -0.39 is 18.0 Å². The van der Waals surface area contributed by atoms with Gasteiger partial charge >= 0.3 is 5.97 Å². The number of fused-ring (bicyclic) bond motifs is 2. The standard InChI is InChI=1S/C16H17N2O4S2/c1-8(19)11-13(20)18-12(15(21)22)16(24-14(11)18)23-10-5-7-17-6-3-2-4-9(10)17/h2-4,6,8,10-11,14,19H,5,7H2,1H3,(H,21,22)/t8-,10?,11+,14-/m1/s1. The molecule has 127 valence electrons. The van der Waals surface area contributed by atoms with E-state index >= 15 is 0 Å². The molecular weight excluding hydrogens is 348 g/mol. The zero-order valence-corrected chi connectivity index (χ0v) is 14.6. The van der Waals surface area contributed by atoms with Crippen LogP contribution in [0.4, 0.5) is 0 Å². The van der Waals surface area contributed by atoms with E-state index in [2.05, 4.69) is 11.0 Å². The molecule has 1 amide bonds. The number of hydrogen-bond acceptors (Lipinski definition) is 6. The lowest BCUT2D eigenvalue weighted by Gasteiger charge is -2.43. The molecule has 2 fully saturated rings. The van der Waals surface area contributed by atoms with Gasteiger partial charge in [-0.15, -0.1) is 11.8 Å². The number of amides is 1. The summed E-state index contributed by atoms with van der Waals surface area (Å²) in [7, 11) is 0. The first-order valence-electron chi connectivity index (χ1n) is 7.79. The van der Waals surface area contributed by atoms with Crippen LogP contribution < -0.4 is 0 Å². The summed E-state index contributed by atoms with van der Waals surface area (Å²) in [5.41, 5.74) is 1.25. The molecule has 0 aromatic heterocycles. The van der Waals surface area contributed by atoms with E-state index in [-0.39, 0.29) is 22.2 Å². The van der Waals surface area contributed by atoms with E-state index in [9.17, 15) is 19.8 Å². The molecule has 0 spiro atoms. The minimum atomic E-state index is -1.08. The number of carbonyl (C=O) groups is 2. The number of aliphatic hydroxyl groups is 1. The highest BCUT2D eigenvalue weighted by atomic mass is 32.2. The van der Waals surface area contributed by atoms with Gasteiger partial charge in [0.2, 0.25) is 5.91 Å². The molecule has 24 heavy (non-hydrogen) atoms. The molecule has 4 aliphatic heterocycles. The highest BCUT2D eigenvalue weighted by Gasteiger charge is 2.58. The van der Waals surface area contributed by atoms with Gasteiger partial charge in [0, 0.05) is 12.2 Å². The van der Waals surface area contributed by atoms with Crippen LogP contribution in [0.15, 0.2) is 33.9 Å². The molecule has 4 atom stereocenters. The van der Waals surface area contributed by atoms with Gasteiger partial charge in [-0.25, -0.2) is 4.79 Å². The number of β-lactam (4-membered cyclic amide) rings is 1. The van der Waals surface area contributed by atoms with Gasteiger partial charge in [-0.05, 0) is 19.4 Å². The average Bonchev–Trinajstić information content (AvgIpc) is 3.07. The Bertz CT molecular complexity index is 700. The van der Waals surface area contributed by atoms with Crippen molar-refractivity contribution in [1.29, 1.82) is 0 Å². The smallest absolute Gasteiger partial charge is 0.354 e. The van der Waals surface area contributed by atoms with E-state index in [4.69, 9.17) is 0 Å². The van der Waals surface area contributed by atoms with Crippen LogP contribution in [0.3, 0.4) is 0 Å². The maximum absolute atomic E-state index is 12.2. The summed E-state index contributed by atoms with van der Waals surface area (Å²) in [6, 6.07) is 0. The lowest BCUT2D eigenvalue weighted by molar-refractivity contribution is -0.156. The summed E-state index contributed by atoms with van der Waals surface area (Å²) in [6.45, 7) is 4.52. The van der Waals surface area contributed by atoms with Crippen molar-refractivity contribution in [2.75, 3.05) is 6.54 Å². The summed E-state index contributed by atoms with van der Waals surface area (Å²) >= 11 is 2.92. The third kappa shape index (κ3) is 2.31. The first-order valence-corrected chi connectivity index (χ1v) is 9.55. The zero-order valence-electron chi connectivity index (χ0n) is 13.0. The SMILES string of the molecule is C[C@@H](O)[C@H]1C(=O)N2C(C(=O)O)=C(SC3CCN4[CH]C=CC=C34)S[C@H]12. The molecule has 0 aromatic carbocycles. The molecule has 8 heteroatoms. The van der Waals surface area contributed by atoms with Crippen molar-refractivity contribution in [3.05, 3.63) is 40.4 Å². The largest absolute Gasteiger partial charge is 0.477 e. The number of hydrogen-bond donors (Lipinski definition) is 2. The van der Waals surface area contributed by atoms with Gasteiger partial charge in [-0.3, -0.25) is 9.69 Å². The lowest BCUT2D eigenvalue weighted by atomic mass is 9.92. The highest BCUT2D eigenvalue weighted by molar-refractivity contribution is 8.23. The predicted molar refractivity (Wildman–Crippen MR) is 92.3 cm³/mol. The molecule has 6 nitrogen and oxygen atoms in total. The Balaban J connectivity index is 1.59. The molecular formula is C16H17N2O4S2. The topological polar surface area (TPSA) is 81.1 Å². The molecule has 1 radical (unpaired) electrons. The molecule has 1 unspecified atom stereocenters. The van der Waals surface area contributed by atoms with Crippen LogP contribution in [0.1, 0.15) is 13.3 Å². The number of thioether (sulfide) groups is 2. The number of aliphatic carboxylic acids is 1. The third-order valence-electron chi connectivity index (χ3n) is 4.66. The van der Waals surface area contributed by atoms with Crippen molar-refractivity contribution in [3.8, 4) is 0 Å². The molecule has 2 saturated heterocycles. The van der Waals surface area contributed by atoms with Crippen molar-refractivity contribution in [2.24, 2.45) is 5.92 Å². The first kappa shape index (κ1) is 16.1. The summed E-state index contributed by atoms with van der Waals surface area (Å²) in [4.78, 5) is 27.4. The molecule has 2 N–H and O–H groups in total. The van der Waals surface area contributed by atoms with Crippen LogP contribution >= 0.6 is 23.5 Å². The Hall–Kier alpha value is -1.38. The molecule has 4 aliphatic rings. The summed E-state index contributed by atoms with van der Waals surface area (Å²) in [5.74, 6) is -1.90. The maximum atomic E-state index is 12.2. The van der Waals surface area contributed by atoms with E-state index in [0.29, 0.717) is 4.24 Å². The number of carboxylic acids is 1. The zero-order chi connectivity index (χ0) is 17.0. The molecule has 0 saturated carbocycles. The highest BCUT2D eigenvalue weighted by Crippen LogP contribution is 2.56. The minimum absolute atomic E-state index is 0.0753. The summed E-state index contributed by atoms with van der Waals surface area (Å²) in [5, 5.41) is 19.2. The monoisotopic (exact) mass is 365 g/mol. The number of nitrogens with zero attached hydrogens (tertiary/aromatic N) is 2. The fourth-order valence-electron chi connectivity index (χ4n) is 3.47. The van der Waals surface area contributed by atoms with E-state index in [1.807, 2.05) is 18.7 Å². The Kier molecular flexibility index (Phi) is 3.93. The lowest BCUT2D eigenvalue weighted by Crippen LogP contribution is -2.60. The van der Waals surface area contributed by atoms with Gasteiger partial charge in [-0.1, -0.05) is 23.9 Å². The van der Waals surface area contributed by atoms with Gasteiger partial charge in [0.15, 0.2) is 5.70 Å². The van der Waals surface area contributed by atoms with Gasteiger partial charge in [0.05, 0.1) is 28.1 Å². The normalized spacial score (nSPS) is 32.5. The Labute approximate surface area is 148 Å². The average molecular weight is 365 g/mol. The quantitative estimate of drug-likeness (QED) is 0.732. The number of allylic oxidation sites excluding steroid dienone is 2.